The molecule has 0 saturated heterocycles. The quantitative estimate of drug-likeness (QED) is 0.812. The Kier molecular flexibility index (Phi) is 4.61. The maximum atomic E-state index is 12.1. The molecule has 0 amide bonds. The predicted octanol–water partition coefficient (Wildman–Crippen LogP) is 1.85. The zero-order valence-electron chi connectivity index (χ0n) is 11.7. The van der Waals surface area contributed by atoms with Crippen molar-refractivity contribution in [2.75, 3.05) is 11.3 Å². The summed E-state index contributed by atoms with van der Waals surface area (Å²) in [5, 5.41) is 0. The predicted molar refractivity (Wildman–Crippen MR) is 79.4 cm³/mol. The van der Waals surface area contributed by atoms with Crippen LogP contribution in [0.5, 0.6) is 0 Å². The molecule has 104 valence electrons. The lowest BCUT2D eigenvalue weighted by Crippen LogP contribution is -2.33. The average molecular weight is 280 g/mol. The van der Waals surface area contributed by atoms with E-state index in [0.29, 0.717) is 5.69 Å². The van der Waals surface area contributed by atoms with E-state index in [4.69, 9.17) is 5.73 Å². The Morgan fingerprint density at radius 3 is 2.47 bits per heavy atom. The van der Waals surface area contributed by atoms with E-state index in [1.54, 1.807) is 32.9 Å². The van der Waals surface area contributed by atoms with Crippen LogP contribution in [0.3, 0.4) is 0 Å². The van der Waals surface area contributed by atoms with Crippen molar-refractivity contribution < 1.29 is 8.42 Å². The van der Waals surface area contributed by atoms with E-state index < -0.39 is 14.8 Å². The van der Waals surface area contributed by atoms with Crippen LogP contribution < -0.4 is 10.5 Å². The number of anilines is 1. The molecular formula is C14H20N2O2S. The molecule has 5 heteroatoms. The van der Waals surface area contributed by atoms with Gasteiger partial charge in [0, 0.05) is 11.3 Å². The Labute approximate surface area is 115 Å². The van der Waals surface area contributed by atoms with Gasteiger partial charge >= 0.3 is 0 Å². The van der Waals surface area contributed by atoms with Crippen molar-refractivity contribution in [3.63, 3.8) is 0 Å². The number of benzene rings is 1. The molecule has 4 nitrogen and oxygen atoms in total. The number of aryl methyl sites for hydroxylation is 1. The van der Waals surface area contributed by atoms with Gasteiger partial charge in [0.1, 0.15) is 0 Å². The van der Waals surface area contributed by atoms with Crippen LogP contribution >= 0.6 is 0 Å². The molecule has 0 fully saturated rings. The second-order valence-electron chi connectivity index (χ2n) is 5.25. The molecule has 19 heavy (non-hydrogen) atoms. The van der Waals surface area contributed by atoms with E-state index in [9.17, 15) is 8.42 Å². The van der Waals surface area contributed by atoms with Crippen LogP contribution in [0.1, 0.15) is 31.9 Å². The first-order chi connectivity index (χ1) is 8.67. The lowest BCUT2D eigenvalue weighted by molar-refractivity contribution is 0.566. The van der Waals surface area contributed by atoms with Gasteiger partial charge in [-0.25, -0.2) is 8.42 Å². The molecule has 0 atom stereocenters. The summed E-state index contributed by atoms with van der Waals surface area (Å²) in [6, 6.07) is 5.29. The third-order valence-corrected chi connectivity index (χ3v) is 4.74. The smallest absolute Gasteiger partial charge is 0.237 e. The van der Waals surface area contributed by atoms with Crippen LogP contribution in [0.2, 0.25) is 0 Å². The molecular weight excluding hydrogens is 260 g/mol. The standard InChI is InChI=1S/C14H20N2O2S/c1-11-7-8-13(10-12(11)6-5-9-15)16-19(17,18)14(2,3)4/h7-8,10,16H,9,15H2,1-4H3. The van der Waals surface area contributed by atoms with Crippen molar-refractivity contribution in [3.8, 4) is 11.8 Å². The summed E-state index contributed by atoms with van der Waals surface area (Å²) in [5.41, 5.74) is 7.62. The highest BCUT2D eigenvalue weighted by Gasteiger charge is 2.28. The van der Waals surface area contributed by atoms with Crippen molar-refractivity contribution in [1.82, 2.24) is 0 Å². The van der Waals surface area contributed by atoms with Crippen LogP contribution in [0.15, 0.2) is 18.2 Å². The molecule has 0 saturated carbocycles. The minimum absolute atomic E-state index is 0.275. The summed E-state index contributed by atoms with van der Waals surface area (Å²) in [6.07, 6.45) is 0. The highest BCUT2D eigenvalue weighted by Crippen LogP contribution is 2.21. The average Bonchev–Trinajstić information content (AvgIpc) is 2.28. The fourth-order valence-corrected chi connectivity index (χ4v) is 2.02. The first kappa shape index (κ1) is 15.5. The van der Waals surface area contributed by atoms with E-state index in [1.807, 2.05) is 13.0 Å². The second kappa shape index (κ2) is 5.64. The second-order valence-corrected chi connectivity index (χ2v) is 7.69. The zero-order valence-corrected chi connectivity index (χ0v) is 12.6. The Morgan fingerprint density at radius 1 is 1.32 bits per heavy atom. The van der Waals surface area contributed by atoms with Gasteiger partial charge in [0.2, 0.25) is 10.0 Å². The molecule has 0 bridgehead atoms. The lowest BCUT2D eigenvalue weighted by atomic mass is 10.1. The first-order valence-corrected chi connectivity index (χ1v) is 7.47. The molecule has 1 rings (SSSR count). The third kappa shape index (κ3) is 3.98. The summed E-state index contributed by atoms with van der Waals surface area (Å²) in [5.74, 6) is 5.69. The maximum Gasteiger partial charge on any atom is 0.237 e. The monoisotopic (exact) mass is 280 g/mol. The highest BCUT2D eigenvalue weighted by molar-refractivity contribution is 7.94. The van der Waals surface area contributed by atoms with Gasteiger partial charge < -0.3 is 5.73 Å². The van der Waals surface area contributed by atoms with Crippen molar-refractivity contribution in [1.29, 1.82) is 0 Å². The van der Waals surface area contributed by atoms with E-state index in [1.165, 1.54) is 0 Å². The fourth-order valence-electron chi connectivity index (χ4n) is 1.27. The topological polar surface area (TPSA) is 72.2 Å². The first-order valence-electron chi connectivity index (χ1n) is 5.99. The van der Waals surface area contributed by atoms with Crippen LogP contribution in [0.4, 0.5) is 5.69 Å². The summed E-state index contributed by atoms with van der Waals surface area (Å²) >= 11 is 0. The van der Waals surface area contributed by atoms with Gasteiger partial charge in [0.25, 0.3) is 0 Å². The van der Waals surface area contributed by atoms with E-state index in [2.05, 4.69) is 16.6 Å². The molecule has 1 aromatic rings. The molecule has 0 aliphatic heterocycles. The highest BCUT2D eigenvalue weighted by atomic mass is 32.2. The molecule has 0 aromatic heterocycles. The van der Waals surface area contributed by atoms with Gasteiger partial charge in [-0.15, -0.1) is 0 Å². The third-order valence-electron chi connectivity index (χ3n) is 2.62. The minimum Gasteiger partial charge on any atom is -0.320 e. The summed E-state index contributed by atoms with van der Waals surface area (Å²) < 4.78 is 25.8. The molecule has 0 spiro atoms. The van der Waals surface area contributed by atoms with Crippen molar-refractivity contribution in [2.45, 2.75) is 32.4 Å². The molecule has 0 radical (unpaired) electrons. The normalized spacial score (nSPS) is 11.6. The summed E-state index contributed by atoms with van der Waals surface area (Å²) in [6.45, 7) is 7.15. The van der Waals surface area contributed by atoms with Gasteiger partial charge in [0.15, 0.2) is 0 Å². The Hall–Kier alpha value is -1.51. The van der Waals surface area contributed by atoms with Crippen molar-refractivity contribution >= 4 is 15.7 Å². The molecule has 0 unspecified atom stereocenters. The van der Waals surface area contributed by atoms with Gasteiger partial charge in [-0.3, -0.25) is 4.72 Å². The number of hydrogen-bond acceptors (Lipinski definition) is 3. The number of sulfonamides is 1. The molecule has 3 N–H and O–H groups in total. The van der Waals surface area contributed by atoms with Gasteiger partial charge in [-0.2, -0.15) is 0 Å². The molecule has 0 aliphatic carbocycles. The number of rotatable bonds is 2. The van der Waals surface area contributed by atoms with Crippen LogP contribution in [0.25, 0.3) is 0 Å². The van der Waals surface area contributed by atoms with E-state index in [-0.39, 0.29) is 6.54 Å². The Bertz CT molecular complexity index is 617. The minimum atomic E-state index is -3.42. The fraction of sp³-hybridized carbons (Fsp3) is 0.429. The van der Waals surface area contributed by atoms with Crippen molar-refractivity contribution in [3.05, 3.63) is 29.3 Å². The zero-order chi connectivity index (χ0) is 14.7. The van der Waals surface area contributed by atoms with Crippen LogP contribution in [-0.2, 0) is 10.0 Å². The molecule has 1 aromatic carbocycles. The van der Waals surface area contributed by atoms with Gasteiger partial charge in [-0.05, 0) is 45.4 Å². The largest absolute Gasteiger partial charge is 0.320 e. The van der Waals surface area contributed by atoms with E-state index >= 15 is 0 Å². The van der Waals surface area contributed by atoms with Crippen molar-refractivity contribution in [2.24, 2.45) is 5.73 Å². The maximum absolute atomic E-state index is 12.1. The Balaban J connectivity index is 3.11. The summed E-state index contributed by atoms with van der Waals surface area (Å²) in [7, 11) is -3.42. The van der Waals surface area contributed by atoms with Gasteiger partial charge in [-0.1, -0.05) is 17.9 Å². The van der Waals surface area contributed by atoms with Gasteiger partial charge in [0.05, 0.1) is 11.3 Å². The van der Waals surface area contributed by atoms with Crippen LogP contribution in [-0.4, -0.2) is 19.7 Å². The number of nitrogens with one attached hydrogen (secondary N) is 1. The number of hydrogen-bond donors (Lipinski definition) is 2. The molecule has 0 heterocycles. The number of nitrogens with two attached hydrogens (primary N) is 1. The SMILES string of the molecule is Cc1ccc(NS(=O)(=O)C(C)(C)C)cc1C#CCN. The lowest BCUT2D eigenvalue weighted by Gasteiger charge is -2.20. The summed E-state index contributed by atoms with van der Waals surface area (Å²) in [4.78, 5) is 0. The molecule has 0 aliphatic rings. The van der Waals surface area contributed by atoms with Crippen LogP contribution in [0, 0.1) is 18.8 Å². The van der Waals surface area contributed by atoms with E-state index in [0.717, 1.165) is 11.1 Å². The Morgan fingerprint density at radius 2 is 1.95 bits per heavy atom.